The lowest BCUT2D eigenvalue weighted by molar-refractivity contribution is 0.0674. The van der Waals surface area contributed by atoms with Crippen molar-refractivity contribution in [2.24, 2.45) is 5.92 Å². The SMILES string of the molecule is CNCC1CCCN(C(=O)c2cccc(COc3cccc(F)c3)c2)C1. The maximum absolute atomic E-state index is 13.2. The predicted molar refractivity (Wildman–Crippen MR) is 99.7 cm³/mol. The summed E-state index contributed by atoms with van der Waals surface area (Å²) in [5.74, 6) is 0.732. The number of nitrogens with zero attached hydrogens (tertiary/aromatic N) is 1. The number of nitrogens with one attached hydrogen (secondary N) is 1. The average molecular weight is 356 g/mol. The van der Waals surface area contributed by atoms with Gasteiger partial charge >= 0.3 is 0 Å². The Morgan fingerprint density at radius 3 is 2.92 bits per heavy atom. The summed E-state index contributed by atoms with van der Waals surface area (Å²) in [5, 5.41) is 3.20. The standard InChI is InChI=1S/C21H25FN2O2/c1-23-13-17-6-4-10-24(14-17)21(25)18-7-2-5-16(11-18)15-26-20-9-3-8-19(22)12-20/h2-3,5,7-9,11-12,17,23H,4,6,10,13-15H2,1H3. The summed E-state index contributed by atoms with van der Waals surface area (Å²) in [6.45, 7) is 2.84. The van der Waals surface area contributed by atoms with Crippen LogP contribution in [0.5, 0.6) is 5.75 Å². The zero-order valence-corrected chi connectivity index (χ0v) is 15.1. The number of carbonyl (C=O) groups is 1. The van der Waals surface area contributed by atoms with Gasteiger partial charge in [0.15, 0.2) is 0 Å². The number of likely N-dealkylation sites (tertiary alicyclic amines) is 1. The summed E-state index contributed by atoms with van der Waals surface area (Å²) in [5.41, 5.74) is 1.57. The fourth-order valence-electron chi connectivity index (χ4n) is 3.40. The highest BCUT2D eigenvalue weighted by molar-refractivity contribution is 5.94. The summed E-state index contributed by atoms with van der Waals surface area (Å²) in [6, 6.07) is 13.6. The lowest BCUT2D eigenvalue weighted by Gasteiger charge is -2.32. The summed E-state index contributed by atoms with van der Waals surface area (Å²) in [6.07, 6.45) is 2.20. The highest BCUT2D eigenvalue weighted by Gasteiger charge is 2.24. The lowest BCUT2D eigenvalue weighted by atomic mass is 9.97. The summed E-state index contributed by atoms with van der Waals surface area (Å²) in [4.78, 5) is 14.8. The first-order valence-corrected chi connectivity index (χ1v) is 9.07. The van der Waals surface area contributed by atoms with E-state index in [2.05, 4.69) is 5.32 Å². The Morgan fingerprint density at radius 2 is 2.12 bits per heavy atom. The number of hydrogen-bond donors (Lipinski definition) is 1. The van der Waals surface area contributed by atoms with Gasteiger partial charge in [-0.05, 0) is 62.2 Å². The van der Waals surface area contributed by atoms with Gasteiger partial charge in [-0.25, -0.2) is 4.39 Å². The van der Waals surface area contributed by atoms with Crippen molar-refractivity contribution >= 4 is 5.91 Å². The normalized spacial score (nSPS) is 17.2. The highest BCUT2D eigenvalue weighted by atomic mass is 19.1. The Bertz CT molecular complexity index is 748. The number of halogens is 1. The molecular formula is C21H25FN2O2. The van der Waals surface area contributed by atoms with Crippen LogP contribution < -0.4 is 10.1 Å². The van der Waals surface area contributed by atoms with E-state index in [1.165, 1.54) is 12.1 Å². The van der Waals surface area contributed by atoms with E-state index in [4.69, 9.17) is 4.74 Å². The van der Waals surface area contributed by atoms with Crippen LogP contribution in [0.25, 0.3) is 0 Å². The van der Waals surface area contributed by atoms with E-state index in [1.807, 2.05) is 36.2 Å². The van der Waals surface area contributed by atoms with Crippen molar-refractivity contribution in [3.63, 3.8) is 0 Å². The molecule has 1 aliphatic heterocycles. The summed E-state index contributed by atoms with van der Waals surface area (Å²) < 4.78 is 18.8. The minimum atomic E-state index is -0.326. The largest absolute Gasteiger partial charge is 0.489 e. The Labute approximate surface area is 154 Å². The van der Waals surface area contributed by atoms with Gasteiger partial charge in [0.25, 0.3) is 5.91 Å². The quantitative estimate of drug-likeness (QED) is 0.862. The molecule has 4 nitrogen and oxygen atoms in total. The van der Waals surface area contributed by atoms with Gasteiger partial charge in [-0.2, -0.15) is 0 Å². The van der Waals surface area contributed by atoms with Crippen molar-refractivity contribution in [3.05, 3.63) is 65.5 Å². The van der Waals surface area contributed by atoms with Crippen LogP contribution in [0.4, 0.5) is 4.39 Å². The van der Waals surface area contributed by atoms with Crippen LogP contribution >= 0.6 is 0 Å². The van der Waals surface area contributed by atoms with E-state index in [1.54, 1.807) is 12.1 Å². The van der Waals surface area contributed by atoms with Crippen LogP contribution in [-0.2, 0) is 6.61 Å². The van der Waals surface area contributed by atoms with Gasteiger partial charge in [0.05, 0.1) is 0 Å². The molecule has 0 aromatic heterocycles. The zero-order valence-electron chi connectivity index (χ0n) is 15.1. The van der Waals surface area contributed by atoms with Gasteiger partial charge in [-0.1, -0.05) is 18.2 Å². The second-order valence-electron chi connectivity index (χ2n) is 6.76. The van der Waals surface area contributed by atoms with Crippen molar-refractivity contribution < 1.29 is 13.9 Å². The van der Waals surface area contributed by atoms with Gasteiger partial charge in [-0.15, -0.1) is 0 Å². The van der Waals surface area contributed by atoms with Gasteiger partial charge in [0, 0.05) is 24.7 Å². The van der Waals surface area contributed by atoms with Crippen LogP contribution in [0.2, 0.25) is 0 Å². The van der Waals surface area contributed by atoms with Gasteiger partial charge < -0.3 is 15.0 Å². The molecule has 0 saturated carbocycles. The third-order valence-corrected chi connectivity index (χ3v) is 4.67. The molecule has 1 N–H and O–H groups in total. The number of ether oxygens (including phenoxy) is 1. The first kappa shape index (κ1) is 18.4. The van der Waals surface area contributed by atoms with E-state index < -0.39 is 0 Å². The first-order chi connectivity index (χ1) is 12.7. The molecule has 5 heteroatoms. The fraction of sp³-hybridized carbons (Fsp3) is 0.381. The molecule has 0 bridgehead atoms. The number of carbonyl (C=O) groups excluding carboxylic acids is 1. The van der Waals surface area contributed by atoms with Crippen molar-refractivity contribution in [3.8, 4) is 5.75 Å². The Morgan fingerprint density at radius 1 is 1.27 bits per heavy atom. The second kappa shape index (κ2) is 8.81. The molecule has 3 rings (SSSR count). The molecule has 1 aliphatic rings. The molecule has 138 valence electrons. The minimum absolute atomic E-state index is 0.0680. The molecule has 0 spiro atoms. The molecule has 0 aliphatic carbocycles. The first-order valence-electron chi connectivity index (χ1n) is 9.07. The van der Waals surface area contributed by atoms with Crippen LogP contribution in [0, 0.1) is 11.7 Å². The van der Waals surface area contributed by atoms with Crippen molar-refractivity contribution in [2.75, 3.05) is 26.7 Å². The number of amides is 1. The van der Waals surface area contributed by atoms with Crippen LogP contribution in [0.1, 0.15) is 28.8 Å². The second-order valence-corrected chi connectivity index (χ2v) is 6.76. The van der Waals surface area contributed by atoms with E-state index in [-0.39, 0.29) is 11.7 Å². The molecule has 1 saturated heterocycles. The topological polar surface area (TPSA) is 41.6 Å². The maximum atomic E-state index is 13.2. The molecular weight excluding hydrogens is 331 g/mol. The minimum Gasteiger partial charge on any atom is -0.489 e. The van der Waals surface area contributed by atoms with Crippen molar-refractivity contribution in [2.45, 2.75) is 19.4 Å². The predicted octanol–water partition coefficient (Wildman–Crippen LogP) is 3.48. The Hall–Kier alpha value is -2.40. The summed E-state index contributed by atoms with van der Waals surface area (Å²) >= 11 is 0. The molecule has 1 atom stereocenters. The maximum Gasteiger partial charge on any atom is 0.253 e. The average Bonchev–Trinajstić information content (AvgIpc) is 2.67. The molecule has 1 fully saturated rings. The van der Waals surface area contributed by atoms with E-state index in [0.29, 0.717) is 23.8 Å². The summed E-state index contributed by atoms with van der Waals surface area (Å²) in [7, 11) is 1.95. The highest BCUT2D eigenvalue weighted by Crippen LogP contribution is 2.19. The molecule has 0 radical (unpaired) electrons. The molecule has 2 aromatic rings. The monoisotopic (exact) mass is 356 g/mol. The lowest BCUT2D eigenvalue weighted by Crippen LogP contribution is -2.42. The molecule has 2 aromatic carbocycles. The molecule has 26 heavy (non-hydrogen) atoms. The van der Waals surface area contributed by atoms with E-state index in [9.17, 15) is 9.18 Å². The Balaban J connectivity index is 1.63. The number of hydrogen-bond acceptors (Lipinski definition) is 3. The zero-order chi connectivity index (χ0) is 18.4. The Kier molecular flexibility index (Phi) is 6.23. The van der Waals surface area contributed by atoms with Crippen molar-refractivity contribution in [1.29, 1.82) is 0 Å². The van der Waals surface area contributed by atoms with Crippen LogP contribution in [0.15, 0.2) is 48.5 Å². The fourth-order valence-corrected chi connectivity index (χ4v) is 3.40. The molecule has 1 amide bonds. The number of benzene rings is 2. The smallest absolute Gasteiger partial charge is 0.253 e. The van der Waals surface area contributed by atoms with Gasteiger partial charge in [0.1, 0.15) is 18.2 Å². The number of rotatable bonds is 6. The van der Waals surface area contributed by atoms with Gasteiger partial charge in [0.2, 0.25) is 0 Å². The van der Waals surface area contributed by atoms with Gasteiger partial charge in [-0.3, -0.25) is 4.79 Å². The third-order valence-electron chi connectivity index (χ3n) is 4.67. The van der Waals surface area contributed by atoms with Crippen LogP contribution in [-0.4, -0.2) is 37.5 Å². The number of piperidine rings is 1. The van der Waals surface area contributed by atoms with E-state index >= 15 is 0 Å². The van der Waals surface area contributed by atoms with Crippen LogP contribution in [0.3, 0.4) is 0 Å². The van der Waals surface area contributed by atoms with Crippen molar-refractivity contribution in [1.82, 2.24) is 10.2 Å². The third kappa shape index (κ3) is 4.82. The van der Waals surface area contributed by atoms with E-state index in [0.717, 1.165) is 38.0 Å². The molecule has 1 unspecified atom stereocenters. The molecule has 1 heterocycles.